The molecule has 0 aliphatic carbocycles. The predicted octanol–water partition coefficient (Wildman–Crippen LogP) is 4.99. The first-order valence-corrected chi connectivity index (χ1v) is 7.82. The number of hydrogen-bond acceptors (Lipinski definition) is 2. The molecule has 5 heteroatoms. The smallest absolute Gasteiger partial charge is 0.151 e. The van der Waals surface area contributed by atoms with Crippen LogP contribution in [0.1, 0.15) is 11.1 Å². The molecule has 0 unspecified atom stereocenters. The van der Waals surface area contributed by atoms with Gasteiger partial charge in [0.25, 0.3) is 0 Å². The molecule has 100 valence electrons. The number of benzene rings is 2. The Bertz CT molecular complexity index is 592. The van der Waals surface area contributed by atoms with E-state index in [1.165, 1.54) is 11.8 Å². The number of halogens is 3. The summed E-state index contributed by atoms with van der Waals surface area (Å²) in [4.78, 5) is 0.587. The molecule has 0 saturated heterocycles. The maximum Gasteiger partial charge on any atom is 0.151 e. The molecule has 0 heterocycles. The molecule has 2 rings (SSSR count). The Morgan fingerprint density at radius 3 is 2.58 bits per heavy atom. The topological polar surface area (TPSA) is 26.0 Å². The maximum atomic E-state index is 14.1. The van der Waals surface area contributed by atoms with Crippen molar-refractivity contribution in [3.8, 4) is 0 Å². The van der Waals surface area contributed by atoms with Crippen LogP contribution in [0.3, 0.4) is 0 Å². The molecule has 19 heavy (non-hydrogen) atoms. The molecular formula is C14H12BrClFNS. The molecule has 0 radical (unpaired) electrons. The molecule has 0 atom stereocenters. The van der Waals surface area contributed by atoms with Crippen LogP contribution in [0, 0.1) is 5.82 Å². The van der Waals surface area contributed by atoms with Gasteiger partial charge >= 0.3 is 0 Å². The van der Waals surface area contributed by atoms with Gasteiger partial charge in [-0.3, -0.25) is 0 Å². The lowest BCUT2D eigenvalue weighted by Gasteiger charge is -2.09. The fourth-order valence-corrected chi connectivity index (χ4v) is 3.49. The molecule has 0 aliphatic heterocycles. The molecule has 0 aromatic heterocycles. The van der Waals surface area contributed by atoms with Crippen molar-refractivity contribution in [1.82, 2.24) is 0 Å². The van der Waals surface area contributed by atoms with E-state index < -0.39 is 0 Å². The number of nitrogens with two attached hydrogens (primary N) is 1. The molecule has 0 aliphatic rings. The third-order valence-corrected chi connectivity index (χ3v) is 5.00. The maximum absolute atomic E-state index is 14.1. The Morgan fingerprint density at radius 1 is 1.16 bits per heavy atom. The zero-order valence-electron chi connectivity index (χ0n) is 10.00. The lowest BCUT2D eigenvalue weighted by atomic mass is 10.2. The Balaban J connectivity index is 2.17. The minimum atomic E-state index is -0.264. The lowest BCUT2D eigenvalue weighted by molar-refractivity contribution is 0.592. The second-order valence-corrected chi connectivity index (χ2v) is 6.15. The van der Waals surface area contributed by atoms with Crippen LogP contribution in [0.5, 0.6) is 0 Å². The normalized spacial score (nSPS) is 10.7. The first-order chi connectivity index (χ1) is 9.13. The van der Waals surface area contributed by atoms with Gasteiger partial charge in [-0.2, -0.15) is 0 Å². The van der Waals surface area contributed by atoms with Crippen molar-refractivity contribution < 1.29 is 4.39 Å². The summed E-state index contributed by atoms with van der Waals surface area (Å²) in [6, 6.07) is 11.2. The third-order valence-electron chi connectivity index (χ3n) is 2.69. The van der Waals surface area contributed by atoms with Crippen LogP contribution >= 0.6 is 39.3 Å². The van der Waals surface area contributed by atoms with Crippen LogP contribution in [0.25, 0.3) is 0 Å². The molecule has 0 bridgehead atoms. The van der Waals surface area contributed by atoms with E-state index in [0.717, 1.165) is 11.1 Å². The van der Waals surface area contributed by atoms with Crippen molar-refractivity contribution >= 4 is 39.3 Å². The van der Waals surface area contributed by atoms with Crippen LogP contribution in [-0.4, -0.2) is 0 Å². The van der Waals surface area contributed by atoms with E-state index in [4.69, 9.17) is 17.3 Å². The summed E-state index contributed by atoms with van der Waals surface area (Å²) in [6.45, 7) is 0.312. The zero-order chi connectivity index (χ0) is 13.8. The summed E-state index contributed by atoms with van der Waals surface area (Å²) in [5.41, 5.74) is 7.29. The summed E-state index contributed by atoms with van der Waals surface area (Å²) in [7, 11) is 0. The largest absolute Gasteiger partial charge is 0.326 e. The van der Waals surface area contributed by atoms with Crippen molar-refractivity contribution in [2.45, 2.75) is 17.2 Å². The predicted molar refractivity (Wildman–Crippen MR) is 83.0 cm³/mol. The van der Waals surface area contributed by atoms with Gasteiger partial charge in [-0.15, -0.1) is 11.8 Å². The van der Waals surface area contributed by atoms with Gasteiger partial charge in [0.1, 0.15) is 0 Å². The van der Waals surface area contributed by atoms with Crippen LogP contribution in [-0.2, 0) is 12.3 Å². The third kappa shape index (κ3) is 3.51. The van der Waals surface area contributed by atoms with E-state index in [1.807, 2.05) is 30.3 Å². The molecule has 2 aromatic rings. The van der Waals surface area contributed by atoms with Gasteiger partial charge in [0, 0.05) is 22.2 Å². The highest BCUT2D eigenvalue weighted by Gasteiger charge is 2.11. The minimum Gasteiger partial charge on any atom is -0.326 e. The van der Waals surface area contributed by atoms with Gasteiger partial charge in [-0.1, -0.05) is 35.9 Å². The summed E-state index contributed by atoms with van der Waals surface area (Å²) < 4.78 is 14.5. The van der Waals surface area contributed by atoms with Gasteiger partial charge in [-0.05, 0) is 39.2 Å². The Kier molecular flexibility index (Phi) is 5.28. The second kappa shape index (κ2) is 6.75. The Labute approximate surface area is 129 Å². The van der Waals surface area contributed by atoms with Crippen molar-refractivity contribution in [3.05, 3.63) is 62.8 Å². The van der Waals surface area contributed by atoms with Crippen LogP contribution in [0.15, 0.2) is 45.8 Å². The number of thioether (sulfide) groups is 1. The van der Waals surface area contributed by atoms with Crippen molar-refractivity contribution in [3.63, 3.8) is 0 Å². The average Bonchev–Trinajstić information content (AvgIpc) is 2.42. The summed E-state index contributed by atoms with van der Waals surface area (Å²) in [6.07, 6.45) is 0. The fraction of sp³-hybridized carbons (Fsp3) is 0.143. The molecule has 0 fully saturated rings. The monoisotopic (exact) mass is 359 g/mol. The SMILES string of the molecule is NCc1ccc(SCc2ccccc2Cl)c(F)c1Br. The second-order valence-electron chi connectivity index (χ2n) is 3.93. The van der Waals surface area contributed by atoms with Gasteiger partial charge in [0.05, 0.1) is 4.47 Å². The average molecular weight is 361 g/mol. The zero-order valence-corrected chi connectivity index (χ0v) is 13.2. The van der Waals surface area contributed by atoms with E-state index >= 15 is 0 Å². The standard InChI is InChI=1S/C14H12BrClFNS/c15-13-9(7-18)5-6-12(14(13)17)19-8-10-3-1-2-4-11(10)16/h1-6H,7-8,18H2. The summed E-state index contributed by atoms with van der Waals surface area (Å²) in [5, 5.41) is 0.702. The van der Waals surface area contributed by atoms with Crippen molar-refractivity contribution in [2.24, 2.45) is 5.73 Å². The number of hydrogen-bond donors (Lipinski definition) is 1. The molecule has 0 saturated carbocycles. The van der Waals surface area contributed by atoms with E-state index in [0.29, 0.717) is 26.7 Å². The minimum absolute atomic E-state index is 0.264. The quantitative estimate of drug-likeness (QED) is 0.777. The van der Waals surface area contributed by atoms with Gasteiger partial charge < -0.3 is 5.73 Å². The van der Waals surface area contributed by atoms with E-state index in [9.17, 15) is 4.39 Å². The Hall–Kier alpha value is -0.550. The molecular weight excluding hydrogens is 349 g/mol. The Morgan fingerprint density at radius 2 is 1.89 bits per heavy atom. The van der Waals surface area contributed by atoms with Crippen LogP contribution in [0.2, 0.25) is 5.02 Å². The van der Waals surface area contributed by atoms with E-state index in [-0.39, 0.29) is 5.82 Å². The van der Waals surface area contributed by atoms with Gasteiger partial charge in [0.2, 0.25) is 0 Å². The molecule has 0 spiro atoms. The molecule has 2 N–H and O–H groups in total. The first-order valence-electron chi connectivity index (χ1n) is 5.66. The first kappa shape index (κ1) is 14.9. The number of rotatable bonds is 4. The highest BCUT2D eigenvalue weighted by atomic mass is 79.9. The highest BCUT2D eigenvalue weighted by Crippen LogP contribution is 2.33. The summed E-state index contributed by atoms with van der Waals surface area (Å²) in [5.74, 6) is 0.366. The molecule has 0 amide bonds. The van der Waals surface area contributed by atoms with Crippen LogP contribution in [0.4, 0.5) is 4.39 Å². The van der Waals surface area contributed by atoms with E-state index in [1.54, 1.807) is 6.07 Å². The molecule has 1 nitrogen and oxygen atoms in total. The van der Waals surface area contributed by atoms with Gasteiger partial charge in [-0.25, -0.2) is 4.39 Å². The highest BCUT2D eigenvalue weighted by molar-refractivity contribution is 9.10. The van der Waals surface area contributed by atoms with Gasteiger partial charge in [0.15, 0.2) is 5.82 Å². The van der Waals surface area contributed by atoms with E-state index in [2.05, 4.69) is 15.9 Å². The molecule has 2 aromatic carbocycles. The summed E-state index contributed by atoms with van der Waals surface area (Å²) >= 11 is 10.7. The van der Waals surface area contributed by atoms with Crippen LogP contribution < -0.4 is 5.73 Å². The van der Waals surface area contributed by atoms with Crippen molar-refractivity contribution in [1.29, 1.82) is 0 Å². The lowest BCUT2D eigenvalue weighted by Crippen LogP contribution is -1.99. The van der Waals surface area contributed by atoms with Crippen molar-refractivity contribution in [2.75, 3.05) is 0 Å². The fourth-order valence-electron chi connectivity index (χ4n) is 1.61.